The maximum absolute atomic E-state index is 4.52. The Bertz CT molecular complexity index is 698. The molecule has 1 N–H and O–H groups in total. The Morgan fingerprint density at radius 2 is 1.86 bits per heavy atom. The third-order valence-electron chi connectivity index (χ3n) is 3.34. The maximum atomic E-state index is 4.52. The second-order valence-corrected chi connectivity index (χ2v) is 4.88. The molecule has 3 aromatic rings. The molecule has 22 heavy (non-hydrogen) atoms. The SMILES string of the molecule is CN(c1ccccc1)c1ccc(CNc2cccnn2)cn1. The fourth-order valence-electron chi connectivity index (χ4n) is 2.09. The van der Waals surface area contributed by atoms with E-state index in [1.807, 2.05) is 49.6 Å². The van der Waals surface area contributed by atoms with Gasteiger partial charge in [0.25, 0.3) is 0 Å². The first kappa shape index (κ1) is 14.0. The summed E-state index contributed by atoms with van der Waals surface area (Å²) in [4.78, 5) is 6.57. The molecule has 0 saturated heterocycles. The second-order valence-electron chi connectivity index (χ2n) is 4.88. The average Bonchev–Trinajstić information content (AvgIpc) is 2.61. The molecule has 0 aliphatic heterocycles. The lowest BCUT2D eigenvalue weighted by molar-refractivity contribution is 0.994. The summed E-state index contributed by atoms with van der Waals surface area (Å²) in [7, 11) is 2.01. The zero-order valence-electron chi connectivity index (χ0n) is 12.3. The topological polar surface area (TPSA) is 53.9 Å². The molecular formula is C17H17N5. The van der Waals surface area contributed by atoms with Gasteiger partial charge in [0.05, 0.1) is 0 Å². The highest BCUT2D eigenvalue weighted by Crippen LogP contribution is 2.21. The highest BCUT2D eigenvalue weighted by molar-refractivity contribution is 5.58. The number of rotatable bonds is 5. The molecule has 0 bridgehead atoms. The van der Waals surface area contributed by atoms with E-state index in [0.717, 1.165) is 22.9 Å². The normalized spacial score (nSPS) is 10.2. The molecule has 1 aromatic carbocycles. The van der Waals surface area contributed by atoms with Crippen LogP contribution in [0, 0.1) is 0 Å². The van der Waals surface area contributed by atoms with Crippen molar-refractivity contribution in [1.29, 1.82) is 0 Å². The molecule has 0 spiro atoms. The van der Waals surface area contributed by atoms with Gasteiger partial charge >= 0.3 is 0 Å². The van der Waals surface area contributed by atoms with Crippen LogP contribution in [-0.4, -0.2) is 22.2 Å². The molecule has 2 aromatic heterocycles. The first-order chi connectivity index (χ1) is 10.8. The van der Waals surface area contributed by atoms with E-state index in [0.29, 0.717) is 6.54 Å². The molecular weight excluding hydrogens is 274 g/mol. The van der Waals surface area contributed by atoms with Crippen LogP contribution in [-0.2, 0) is 6.54 Å². The number of nitrogens with one attached hydrogen (secondary N) is 1. The van der Waals surface area contributed by atoms with E-state index >= 15 is 0 Å². The van der Waals surface area contributed by atoms with Gasteiger partial charge in [0, 0.05) is 31.7 Å². The number of hydrogen-bond donors (Lipinski definition) is 1. The van der Waals surface area contributed by atoms with E-state index in [1.54, 1.807) is 6.20 Å². The van der Waals surface area contributed by atoms with Gasteiger partial charge in [-0.25, -0.2) is 4.98 Å². The van der Waals surface area contributed by atoms with E-state index < -0.39 is 0 Å². The van der Waals surface area contributed by atoms with Crippen molar-refractivity contribution in [1.82, 2.24) is 15.2 Å². The predicted molar refractivity (Wildman–Crippen MR) is 88.1 cm³/mol. The summed E-state index contributed by atoms with van der Waals surface area (Å²) in [5, 5.41) is 11.0. The predicted octanol–water partition coefficient (Wildman–Crippen LogP) is 3.25. The van der Waals surface area contributed by atoms with Crippen LogP contribution in [0.15, 0.2) is 67.0 Å². The molecule has 0 aliphatic carbocycles. The highest BCUT2D eigenvalue weighted by atomic mass is 15.2. The third-order valence-corrected chi connectivity index (χ3v) is 3.34. The Labute approximate surface area is 129 Å². The van der Waals surface area contributed by atoms with Gasteiger partial charge in [0.15, 0.2) is 0 Å². The molecule has 0 radical (unpaired) electrons. The van der Waals surface area contributed by atoms with Crippen LogP contribution in [0.3, 0.4) is 0 Å². The average molecular weight is 291 g/mol. The summed E-state index contributed by atoms with van der Waals surface area (Å²) < 4.78 is 0. The van der Waals surface area contributed by atoms with E-state index in [9.17, 15) is 0 Å². The van der Waals surface area contributed by atoms with Crippen LogP contribution in [0.2, 0.25) is 0 Å². The van der Waals surface area contributed by atoms with Gasteiger partial charge in [-0.1, -0.05) is 24.3 Å². The minimum atomic E-state index is 0.668. The maximum Gasteiger partial charge on any atom is 0.148 e. The lowest BCUT2D eigenvalue weighted by Crippen LogP contribution is -2.11. The van der Waals surface area contributed by atoms with Crippen LogP contribution < -0.4 is 10.2 Å². The first-order valence-corrected chi connectivity index (χ1v) is 7.08. The van der Waals surface area contributed by atoms with Gasteiger partial charge in [-0.3, -0.25) is 0 Å². The number of pyridine rings is 1. The third kappa shape index (κ3) is 3.38. The summed E-state index contributed by atoms with van der Waals surface area (Å²) in [5.41, 5.74) is 2.20. The minimum absolute atomic E-state index is 0.668. The lowest BCUT2D eigenvalue weighted by Gasteiger charge is -2.18. The molecule has 2 heterocycles. The van der Waals surface area contributed by atoms with Crippen molar-refractivity contribution in [2.24, 2.45) is 0 Å². The monoisotopic (exact) mass is 291 g/mol. The number of nitrogens with zero attached hydrogens (tertiary/aromatic N) is 4. The van der Waals surface area contributed by atoms with Crippen molar-refractivity contribution in [3.05, 3.63) is 72.6 Å². The van der Waals surface area contributed by atoms with Gasteiger partial charge < -0.3 is 10.2 Å². The summed E-state index contributed by atoms with van der Waals surface area (Å²) in [6.07, 6.45) is 3.53. The van der Waals surface area contributed by atoms with Gasteiger partial charge in [-0.05, 0) is 35.9 Å². The van der Waals surface area contributed by atoms with Crippen molar-refractivity contribution in [2.75, 3.05) is 17.3 Å². The molecule has 0 aliphatic rings. The molecule has 0 saturated carbocycles. The lowest BCUT2D eigenvalue weighted by atomic mass is 10.2. The van der Waals surface area contributed by atoms with E-state index in [-0.39, 0.29) is 0 Å². The number of aromatic nitrogens is 3. The summed E-state index contributed by atoms with van der Waals surface area (Å²) in [5.74, 6) is 1.67. The van der Waals surface area contributed by atoms with Crippen LogP contribution >= 0.6 is 0 Å². The Kier molecular flexibility index (Phi) is 4.25. The fraction of sp³-hybridized carbons (Fsp3) is 0.118. The van der Waals surface area contributed by atoms with Gasteiger partial charge in [-0.15, -0.1) is 5.10 Å². The molecule has 5 heteroatoms. The van der Waals surface area contributed by atoms with Gasteiger partial charge in [0.2, 0.25) is 0 Å². The Morgan fingerprint density at radius 1 is 1.00 bits per heavy atom. The zero-order valence-corrected chi connectivity index (χ0v) is 12.3. The first-order valence-electron chi connectivity index (χ1n) is 7.08. The van der Waals surface area contributed by atoms with Crippen molar-refractivity contribution in [3.63, 3.8) is 0 Å². The Morgan fingerprint density at radius 3 is 2.55 bits per heavy atom. The molecule has 0 fully saturated rings. The van der Waals surface area contributed by atoms with Gasteiger partial charge in [0.1, 0.15) is 11.6 Å². The Balaban J connectivity index is 1.65. The van der Waals surface area contributed by atoms with Gasteiger partial charge in [-0.2, -0.15) is 5.10 Å². The second kappa shape index (κ2) is 6.67. The standard InChI is InChI=1S/C17H17N5/c1-22(15-6-3-2-4-7-15)17-10-9-14(13-19-17)12-18-16-8-5-11-20-21-16/h2-11,13H,12H2,1H3,(H,18,21). The van der Waals surface area contributed by atoms with Crippen molar-refractivity contribution >= 4 is 17.3 Å². The van der Waals surface area contributed by atoms with E-state index in [4.69, 9.17) is 0 Å². The van der Waals surface area contributed by atoms with Crippen LogP contribution in [0.25, 0.3) is 0 Å². The molecule has 0 amide bonds. The number of para-hydroxylation sites is 1. The molecule has 0 atom stereocenters. The molecule has 3 rings (SSSR count). The smallest absolute Gasteiger partial charge is 0.148 e. The molecule has 5 nitrogen and oxygen atoms in total. The molecule has 0 unspecified atom stereocenters. The summed E-state index contributed by atoms with van der Waals surface area (Å²) in [6, 6.07) is 18.0. The minimum Gasteiger partial charge on any atom is -0.364 e. The molecule has 110 valence electrons. The highest BCUT2D eigenvalue weighted by Gasteiger charge is 2.04. The summed E-state index contributed by atoms with van der Waals surface area (Å²) in [6.45, 7) is 0.668. The van der Waals surface area contributed by atoms with E-state index in [1.165, 1.54) is 0 Å². The van der Waals surface area contributed by atoms with Crippen LogP contribution in [0.5, 0.6) is 0 Å². The summed E-state index contributed by atoms with van der Waals surface area (Å²) >= 11 is 0. The van der Waals surface area contributed by atoms with Crippen molar-refractivity contribution in [3.8, 4) is 0 Å². The zero-order chi connectivity index (χ0) is 15.2. The number of benzene rings is 1. The number of hydrogen-bond acceptors (Lipinski definition) is 5. The van der Waals surface area contributed by atoms with Crippen molar-refractivity contribution in [2.45, 2.75) is 6.54 Å². The fourth-order valence-corrected chi connectivity index (χ4v) is 2.09. The number of anilines is 3. The largest absolute Gasteiger partial charge is 0.364 e. The Hall–Kier alpha value is -2.95. The van der Waals surface area contributed by atoms with Crippen LogP contribution in [0.1, 0.15) is 5.56 Å². The van der Waals surface area contributed by atoms with Crippen LogP contribution in [0.4, 0.5) is 17.3 Å². The quantitative estimate of drug-likeness (QED) is 0.782. The van der Waals surface area contributed by atoms with E-state index in [2.05, 4.69) is 43.6 Å². The van der Waals surface area contributed by atoms with Crippen molar-refractivity contribution < 1.29 is 0 Å².